The van der Waals surface area contributed by atoms with Gasteiger partial charge in [0, 0.05) is 19.1 Å². The third-order valence-corrected chi connectivity index (χ3v) is 5.85. The maximum Gasteiger partial charge on any atom is 0.410 e. The third kappa shape index (κ3) is 5.25. The van der Waals surface area contributed by atoms with Crippen LogP contribution in [0.2, 0.25) is 0 Å². The molecule has 0 bridgehead atoms. The van der Waals surface area contributed by atoms with Crippen LogP contribution in [0.5, 0.6) is 11.5 Å². The van der Waals surface area contributed by atoms with Crippen molar-refractivity contribution in [2.24, 2.45) is 0 Å². The summed E-state index contributed by atoms with van der Waals surface area (Å²) in [6, 6.07) is 8.89. The lowest BCUT2D eigenvalue weighted by Gasteiger charge is -2.35. The van der Waals surface area contributed by atoms with E-state index in [1.165, 1.54) is 4.90 Å². The highest BCUT2D eigenvalue weighted by Crippen LogP contribution is 2.29. The van der Waals surface area contributed by atoms with Crippen LogP contribution in [-0.2, 0) is 9.53 Å². The normalized spacial score (nSPS) is 18.5. The van der Waals surface area contributed by atoms with Crippen LogP contribution in [0.3, 0.4) is 0 Å². The van der Waals surface area contributed by atoms with E-state index in [4.69, 9.17) is 9.47 Å². The number of halogens is 5. The molecular weight excluding hydrogens is 479 g/mol. The topological polar surface area (TPSA) is 68.3 Å². The summed E-state index contributed by atoms with van der Waals surface area (Å²) >= 11 is 0. The minimum absolute atomic E-state index is 0.190. The Morgan fingerprint density at radius 3 is 2.14 bits per heavy atom. The van der Waals surface area contributed by atoms with Gasteiger partial charge in [-0.15, -0.1) is 0 Å². The van der Waals surface area contributed by atoms with Gasteiger partial charge in [-0.1, -0.05) is 18.2 Å². The van der Waals surface area contributed by atoms with E-state index in [-0.39, 0.29) is 25.7 Å². The number of ether oxygens (including phenoxy) is 3. The van der Waals surface area contributed by atoms with Gasteiger partial charge in [-0.25, -0.2) is 18.0 Å². The Hall–Kier alpha value is -3.57. The molecule has 12 heteroatoms. The molecule has 188 valence electrons. The van der Waals surface area contributed by atoms with Crippen LogP contribution in [0.25, 0.3) is 0 Å². The number of amides is 2. The number of hydrogen-bond donors (Lipinski definition) is 0. The maximum absolute atomic E-state index is 13.7. The number of carbonyl (C=O) groups is 2. The quantitative estimate of drug-likeness (QED) is 0.330. The van der Waals surface area contributed by atoms with E-state index >= 15 is 0 Å². The molecule has 7 nitrogen and oxygen atoms in total. The lowest BCUT2D eigenvalue weighted by Crippen LogP contribution is -2.48. The number of para-hydroxylation sites is 1. The third-order valence-electron chi connectivity index (χ3n) is 5.85. The summed E-state index contributed by atoms with van der Waals surface area (Å²) < 4.78 is 82.7. The van der Waals surface area contributed by atoms with Crippen molar-refractivity contribution in [3.8, 4) is 11.5 Å². The standard InChI is InChI=1S/C23H21F5N2O5/c24-17-18(25)20(27)22(21(28)19(17)26)34-12-16(31)29-8-6-13(7-9-29)30-10-15(35-23(30)32)11-33-14-4-2-1-3-5-14/h1-5,13,15H,6-12H2. The number of benzene rings is 2. The van der Waals surface area contributed by atoms with E-state index in [1.54, 1.807) is 17.0 Å². The van der Waals surface area contributed by atoms with Crippen molar-refractivity contribution in [2.75, 3.05) is 32.8 Å². The zero-order valence-corrected chi connectivity index (χ0v) is 18.3. The molecule has 0 radical (unpaired) electrons. The summed E-state index contributed by atoms with van der Waals surface area (Å²) in [7, 11) is 0. The molecule has 2 aliphatic rings. The fourth-order valence-electron chi connectivity index (χ4n) is 4.00. The smallest absolute Gasteiger partial charge is 0.410 e. The largest absolute Gasteiger partial charge is 0.490 e. The number of cyclic esters (lactones) is 1. The number of piperidine rings is 1. The van der Waals surface area contributed by atoms with Crippen LogP contribution >= 0.6 is 0 Å². The van der Waals surface area contributed by atoms with Crippen molar-refractivity contribution in [1.29, 1.82) is 0 Å². The molecule has 0 spiro atoms. The molecule has 2 fully saturated rings. The lowest BCUT2D eigenvalue weighted by molar-refractivity contribution is -0.134. The number of nitrogens with zero attached hydrogens (tertiary/aromatic N) is 2. The molecule has 2 aromatic rings. The predicted molar refractivity (Wildman–Crippen MR) is 110 cm³/mol. The minimum Gasteiger partial charge on any atom is -0.490 e. The fourth-order valence-corrected chi connectivity index (χ4v) is 4.00. The SMILES string of the molecule is O=C(COc1c(F)c(F)c(F)c(F)c1F)N1CCC(N2CC(COc3ccccc3)OC2=O)CC1. The monoisotopic (exact) mass is 500 g/mol. The van der Waals surface area contributed by atoms with Gasteiger partial charge in [0.2, 0.25) is 29.1 Å². The first kappa shape index (κ1) is 24.6. The van der Waals surface area contributed by atoms with Crippen LogP contribution in [0.1, 0.15) is 12.8 Å². The average molecular weight is 500 g/mol. The van der Waals surface area contributed by atoms with E-state index in [2.05, 4.69) is 4.74 Å². The summed E-state index contributed by atoms with van der Waals surface area (Å²) in [5.41, 5.74) is 0. The van der Waals surface area contributed by atoms with Crippen molar-refractivity contribution in [3.63, 3.8) is 0 Å². The summed E-state index contributed by atoms with van der Waals surface area (Å²) in [6.45, 7) is 0.0256. The average Bonchev–Trinajstić information content (AvgIpc) is 3.26. The van der Waals surface area contributed by atoms with Crippen molar-refractivity contribution < 1.29 is 45.8 Å². The predicted octanol–water partition coefficient (Wildman–Crippen LogP) is 3.65. The van der Waals surface area contributed by atoms with Crippen LogP contribution in [0, 0.1) is 29.1 Å². The first-order valence-corrected chi connectivity index (χ1v) is 10.8. The summed E-state index contributed by atoms with van der Waals surface area (Å²) in [5, 5.41) is 0. The Bertz CT molecular complexity index is 1070. The highest BCUT2D eigenvalue weighted by atomic mass is 19.2. The molecule has 1 unspecified atom stereocenters. The molecule has 0 aliphatic carbocycles. The van der Waals surface area contributed by atoms with Gasteiger partial charge in [0.25, 0.3) is 5.91 Å². The molecule has 2 aromatic carbocycles. The van der Waals surface area contributed by atoms with Crippen molar-refractivity contribution in [2.45, 2.75) is 25.0 Å². The molecule has 0 saturated carbocycles. The minimum atomic E-state index is -2.31. The molecule has 4 rings (SSSR count). The van der Waals surface area contributed by atoms with Crippen LogP contribution in [-0.4, -0.2) is 66.8 Å². The fraction of sp³-hybridized carbons (Fsp3) is 0.391. The van der Waals surface area contributed by atoms with Crippen molar-refractivity contribution in [3.05, 3.63) is 59.4 Å². The van der Waals surface area contributed by atoms with Crippen LogP contribution < -0.4 is 9.47 Å². The molecule has 2 heterocycles. The Kier molecular flexibility index (Phi) is 7.27. The second kappa shape index (κ2) is 10.4. The van der Waals surface area contributed by atoms with E-state index in [0.717, 1.165) is 0 Å². The summed E-state index contributed by atoms with van der Waals surface area (Å²) in [4.78, 5) is 27.6. The van der Waals surface area contributed by atoms with Crippen LogP contribution in [0.4, 0.5) is 26.7 Å². The first-order chi connectivity index (χ1) is 16.8. The van der Waals surface area contributed by atoms with Gasteiger partial charge in [0.15, 0.2) is 18.5 Å². The Morgan fingerprint density at radius 1 is 0.914 bits per heavy atom. The van der Waals surface area contributed by atoms with Gasteiger partial charge < -0.3 is 24.0 Å². The molecule has 35 heavy (non-hydrogen) atoms. The number of likely N-dealkylation sites (tertiary alicyclic amines) is 1. The summed E-state index contributed by atoms with van der Waals surface area (Å²) in [6.07, 6.45) is -0.103. The zero-order valence-electron chi connectivity index (χ0n) is 18.3. The summed E-state index contributed by atoms with van der Waals surface area (Å²) in [5.74, 6) is -12.5. The Morgan fingerprint density at radius 2 is 1.51 bits per heavy atom. The van der Waals surface area contributed by atoms with E-state index < -0.39 is 59.5 Å². The van der Waals surface area contributed by atoms with Gasteiger partial charge in [-0.2, -0.15) is 8.78 Å². The van der Waals surface area contributed by atoms with Crippen molar-refractivity contribution >= 4 is 12.0 Å². The molecule has 2 saturated heterocycles. The Labute approximate surface area is 197 Å². The maximum atomic E-state index is 13.7. The van der Waals surface area contributed by atoms with Gasteiger partial charge >= 0.3 is 6.09 Å². The van der Waals surface area contributed by atoms with E-state index in [9.17, 15) is 31.5 Å². The van der Waals surface area contributed by atoms with Crippen LogP contribution in [0.15, 0.2) is 30.3 Å². The van der Waals surface area contributed by atoms with Gasteiger partial charge in [-0.05, 0) is 25.0 Å². The zero-order chi connectivity index (χ0) is 25.1. The number of carbonyl (C=O) groups excluding carboxylic acids is 2. The number of rotatable bonds is 7. The second-order valence-corrected chi connectivity index (χ2v) is 8.08. The highest BCUT2D eigenvalue weighted by molar-refractivity contribution is 5.78. The number of hydrogen-bond acceptors (Lipinski definition) is 5. The second-order valence-electron chi connectivity index (χ2n) is 8.08. The highest BCUT2D eigenvalue weighted by Gasteiger charge is 2.38. The van der Waals surface area contributed by atoms with Gasteiger partial charge in [-0.3, -0.25) is 4.79 Å². The molecule has 2 amide bonds. The molecular formula is C23H21F5N2O5. The molecule has 0 aromatic heterocycles. The molecule has 2 aliphatic heterocycles. The van der Waals surface area contributed by atoms with E-state index in [0.29, 0.717) is 25.1 Å². The van der Waals surface area contributed by atoms with Gasteiger partial charge in [0.05, 0.1) is 6.54 Å². The molecule has 1 atom stereocenters. The van der Waals surface area contributed by atoms with Gasteiger partial charge in [0.1, 0.15) is 12.4 Å². The lowest BCUT2D eigenvalue weighted by atomic mass is 10.0. The first-order valence-electron chi connectivity index (χ1n) is 10.8. The van der Waals surface area contributed by atoms with Crippen molar-refractivity contribution in [1.82, 2.24) is 9.80 Å². The Balaban J connectivity index is 1.26. The van der Waals surface area contributed by atoms with E-state index in [1.807, 2.05) is 18.2 Å². The molecule has 0 N–H and O–H groups in total.